The lowest BCUT2D eigenvalue weighted by Gasteiger charge is -2.30. The first kappa shape index (κ1) is 16.8. The fraction of sp³-hybridized carbons (Fsp3) is 0.357. The molecule has 0 radical (unpaired) electrons. The average molecular weight is 327 g/mol. The van der Waals surface area contributed by atoms with Gasteiger partial charge in [0.05, 0.1) is 18.3 Å². The molecule has 0 saturated carbocycles. The summed E-state index contributed by atoms with van der Waals surface area (Å²) < 4.78 is 9.56. The van der Waals surface area contributed by atoms with Gasteiger partial charge >= 0.3 is 13.3 Å². The molecule has 0 aliphatic carbocycles. The average Bonchev–Trinajstić information content (AvgIpc) is 2.75. The zero-order valence-corrected chi connectivity index (χ0v) is 13.6. The predicted octanol–water partition coefficient (Wildman–Crippen LogP) is 2.54. The van der Waals surface area contributed by atoms with Crippen LogP contribution in [0.25, 0.3) is 6.08 Å². The third-order valence-corrected chi connectivity index (χ3v) is 3.54. The van der Waals surface area contributed by atoms with Crippen molar-refractivity contribution in [3.05, 3.63) is 28.9 Å². The molecule has 0 bridgehead atoms. The van der Waals surface area contributed by atoms with Crippen LogP contribution in [0.1, 0.15) is 26.3 Å². The smallest absolute Gasteiger partial charge is 0.495 e. The summed E-state index contributed by atoms with van der Waals surface area (Å²) in [5, 5.41) is 19.9. The third kappa shape index (κ3) is 2.72. The number of hydrogen-bond donors (Lipinski definition) is 2. The maximum absolute atomic E-state index is 12.6. The van der Waals surface area contributed by atoms with Gasteiger partial charge in [-0.05, 0) is 26.8 Å². The van der Waals surface area contributed by atoms with Gasteiger partial charge in [-0.15, -0.1) is 0 Å². The minimum Gasteiger partial charge on any atom is -0.495 e. The van der Waals surface area contributed by atoms with E-state index in [1.165, 1.54) is 19.4 Å². The van der Waals surface area contributed by atoms with Gasteiger partial charge < -0.3 is 19.5 Å². The maximum atomic E-state index is 12.6. The topological polar surface area (TPSA) is 76.0 Å². The van der Waals surface area contributed by atoms with Gasteiger partial charge in [-0.3, -0.25) is 0 Å². The molecule has 0 fully saturated rings. The molecular weight excluding hydrogens is 308 g/mol. The second kappa shape index (κ2) is 5.59. The van der Waals surface area contributed by atoms with E-state index in [4.69, 9.17) is 21.1 Å². The van der Waals surface area contributed by atoms with E-state index in [9.17, 15) is 14.8 Å². The zero-order valence-electron chi connectivity index (χ0n) is 12.8. The number of quaternary nitrogens is 1. The minimum absolute atomic E-state index is 0.261. The van der Waals surface area contributed by atoms with Crippen LogP contribution in [0.5, 0.6) is 5.75 Å². The van der Waals surface area contributed by atoms with E-state index in [1.54, 1.807) is 32.9 Å². The van der Waals surface area contributed by atoms with Crippen molar-refractivity contribution in [3.63, 3.8) is 0 Å². The Morgan fingerprint density at radius 3 is 2.45 bits per heavy atom. The van der Waals surface area contributed by atoms with Crippen molar-refractivity contribution in [1.82, 2.24) is 4.39 Å². The summed E-state index contributed by atoms with van der Waals surface area (Å²) in [5.74, 6) is 0.432. The van der Waals surface area contributed by atoms with Gasteiger partial charge in [-0.2, -0.15) is 9.19 Å². The van der Waals surface area contributed by atoms with Crippen LogP contribution in [0.4, 0.5) is 10.5 Å². The van der Waals surface area contributed by atoms with Crippen LogP contribution in [0.15, 0.2) is 18.3 Å². The number of methoxy groups -OCH3 is 1. The molecule has 1 unspecified atom stereocenters. The number of benzene rings is 1. The van der Waals surface area contributed by atoms with Crippen molar-refractivity contribution in [1.29, 1.82) is 0 Å². The number of carbonyl (C=O) groups is 1. The Bertz CT molecular complexity index is 641. The molecule has 0 saturated heterocycles. The van der Waals surface area contributed by atoms with Crippen molar-refractivity contribution in [2.45, 2.75) is 26.4 Å². The summed E-state index contributed by atoms with van der Waals surface area (Å²) in [5.41, 5.74) is 0.139. The van der Waals surface area contributed by atoms with E-state index in [0.29, 0.717) is 17.0 Å². The van der Waals surface area contributed by atoms with Gasteiger partial charge in [-0.25, -0.2) is 0 Å². The van der Waals surface area contributed by atoms with Crippen molar-refractivity contribution >= 4 is 36.7 Å². The number of ether oxygens (including phenoxy) is 2. The van der Waals surface area contributed by atoms with Crippen molar-refractivity contribution < 1.29 is 24.3 Å². The van der Waals surface area contributed by atoms with Crippen LogP contribution >= 0.6 is 11.6 Å². The third-order valence-electron chi connectivity index (χ3n) is 3.25. The number of halogens is 1. The summed E-state index contributed by atoms with van der Waals surface area (Å²) in [4.78, 5) is 12.6. The quantitative estimate of drug-likeness (QED) is 0.817. The van der Waals surface area contributed by atoms with Gasteiger partial charge in [-0.1, -0.05) is 11.6 Å². The molecule has 6 nitrogen and oxygen atoms in total. The van der Waals surface area contributed by atoms with E-state index in [2.05, 4.69) is 0 Å². The summed E-state index contributed by atoms with van der Waals surface area (Å²) in [6.07, 6.45) is 2.15. The van der Waals surface area contributed by atoms with Gasteiger partial charge in [0, 0.05) is 17.7 Å². The predicted molar refractivity (Wildman–Crippen MR) is 85.3 cm³/mol. The van der Waals surface area contributed by atoms with Crippen LogP contribution in [0.2, 0.25) is 5.02 Å². The number of fused-ring (bicyclic) bond motifs is 1. The fourth-order valence-electron chi connectivity index (χ4n) is 2.24. The van der Waals surface area contributed by atoms with Gasteiger partial charge in [0.15, 0.2) is 0 Å². The highest BCUT2D eigenvalue weighted by Crippen LogP contribution is 2.42. The van der Waals surface area contributed by atoms with E-state index in [0.717, 1.165) is 0 Å². The molecule has 8 heteroatoms. The number of carbonyl (C=O) groups excluding carboxylic acids is 1. The van der Waals surface area contributed by atoms with Gasteiger partial charge in [0.1, 0.15) is 17.0 Å². The summed E-state index contributed by atoms with van der Waals surface area (Å²) >= 11 is 6.10. The largest absolute Gasteiger partial charge is 0.775 e. The van der Waals surface area contributed by atoms with Crippen LogP contribution in [0.3, 0.4) is 0 Å². The number of amides is 1. The molecule has 2 rings (SSSR count). The first-order valence-corrected chi connectivity index (χ1v) is 7.05. The summed E-state index contributed by atoms with van der Waals surface area (Å²) in [6, 6.07) is 3.10. The summed E-state index contributed by atoms with van der Waals surface area (Å²) in [7, 11) is -0.542. The lowest BCUT2D eigenvalue weighted by molar-refractivity contribution is 0.0407. The SMILES string of the molecule is COc1cc2c(cc1Cl)[N+](B(O)O)(C(=O)OC(C)(C)C)C=C2. The maximum Gasteiger partial charge on any atom is 0.775 e. The Kier molecular flexibility index (Phi) is 4.27. The molecule has 0 aromatic heterocycles. The Balaban J connectivity index is 2.56. The molecule has 0 spiro atoms. The lowest BCUT2D eigenvalue weighted by atomic mass is 9.99. The second-order valence-corrected chi connectivity index (χ2v) is 6.37. The van der Waals surface area contributed by atoms with Gasteiger partial charge in [0.25, 0.3) is 0 Å². The van der Waals surface area contributed by atoms with Gasteiger partial charge in [0.2, 0.25) is 0 Å². The highest BCUT2D eigenvalue weighted by molar-refractivity contribution is 6.50. The van der Waals surface area contributed by atoms with Crippen molar-refractivity contribution in [2.24, 2.45) is 0 Å². The zero-order chi connectivity index (χ0) is 16.7. The highest BCUT2D eigenvalue weighted by atomic mass is 35.5. The number of nitrogens with zero attached hydrogens (tertiary/aromatic N) is 1. The first-order chi connectivity index (χ1) is 10.1. The van der Waals surface area contributed by atoms with E-state index in [-0.39, 0.29) is 5.02 Å². The number of rotatable bonds is 2. The van der Waals surface area contributed by atoms with E-state index >= 15 is 0 Å². The monoisotopic (exact) mass is 326 g/mol. The highest BCUT2D eigenvalue weighted by Gasteiger charge is 2.56. The fourth-order valence-corrected chi connectivity index (χ4v) is 2.47. The number of hydrogen-bond acceptors (Lipinski definition) is 5. The Morgan fingerprint density at radius 2 is 1.95 bits per heavy atom. The minimum atomic E-state index is -2.02. The standard InChI is InChI=1S/C14H18BClNO5/c1-14(2,3)22-13(18)17(15(19)20)6-5-9-7-12(21-4)10(16)8-11(9)17/h5-8,19-20H,1-4H3/q+1. The molecule has 1 aromatic rings. The Morgan fingerprint density at radius 1 is 1.32 bits per heavy atom. The van der Waals surface area contributed by atoms with Crippen LogP contribution in [-0.2, 0) is 4.74 Å². The molecule has 1 atom stereocenters. The second-order valence-electron chi connectivity index (χ2n) is 5.97. The molecular formula is C14H18BClNO5+. The van der Waals surface area contributed by atoms with E-state index < -0.39 is 23.3 Å². The molecule has 22 heavy (non-hydrogen) atoms. The van der Waals surface area contributed by atoms with Crippen molar-refractivity contribution in [3.8, 4) is 5.75 Å². The van der Waals surface area contributed by atoms with Crippen LogP contribution in [-0.4, -0.2) is 36.1 Å². The van der Waals surface area contributed by atoms with Crippen LogP contribution < -0.4 is 9.13 Å². The van der Waals surface area contributed by atoms with Crippen LogP contribution in [0, 0.1) is 0 Å². The molecule has 1 heterocycles. The lowest BCUT2D eigenvalue weighted by Crippen LogP contribution is -2.60. The molecule has 1 aliphatic heterocycles. The molecule has 2 N–H and O–H groups in total. The molecule has 118 valence electrons. The molecule has 1 aliphatic rings. The Labute approximate surface area is 134 Å². The normalized spacial score (nSPS) is 19.8. The van der Waals surface area contributed by atoms with Crippen molar-refractivity contribution in [2.75, 3.05) is 7.11 Å². The molecule has 1 amide bonds. The van der Waals surface area contributed by atoms with E-state index in [1.807, 2.05) is 0 Å². The Hall–Kier alpha value is -1.54. The molecule has 1 aromatic carbocycles. The summed E-state index contributed by atoms with van der Waals surface area (Å²) in [6.45, 7) is 5.10. The first-order valence-electron chi connectivity index (χ1n) is 6.67.